The highest BCUT2D eigenvalue weighted by Gasteiger charge is 2.56. The van der Waals surface area contributed by atoms with Crippen molar-refractivity contribution in [2.75, 3.05) is 11.9 Å². The highest BCUT2D eigenvalue weighted by Crippen LogP contribution is 2.60. The maximum Gasteiger partial charge on any atom is 0.573 e. The molecule has 5 aliphatic rings. The number of rotatable bonds is 4. The van der Waals surface area contributed by atoms with Crippen molar-refractivity contribution in [3.63, 3.8) is 0 Å². The number of nitrogens with zero attached hydrogens (tertiary/aromatic N) is 1. The lowest BCUT2D eigenvalue weighted by atomic mass is 9.49. The molecule has 1 aliphatic heterocycles. The van der Waals surface area contributed by atoms with Gasteiger partial charge in [-0.3, -0.25) is 9.59 Å². The second-order valence-electron chi connectivity index (χ2n) is 9.92. The Bertz CT molecular complexity index is 833. The molecule has 0 aromatic heterocycles. The smallest absolute Gasteiger partial charge is 0.406 e. The van der Waals surface area contributed by atoms with E-state index in [1.807, 2.05) is 0 Å². The molecule has 1 N–H and O–H groups in total. The van der Waals surface area contributed by atoms with E-state index in [0.29, 0.717) is 36.4 Å². The third-order valence-electron chi connectivity index (χ3n) is 7.66. The minimum atomic E-state index is -4.76. The van der Waals surface area contributed by atoms with Crippen LogP contribution in [-0.2, 0) is 9.59 Å². The number of alkyl halides is 3. The van der Waals surface area contributed by atoms with Gasteiger partial charge in [-0.05, 0) is 93.4 Å². The zero-order chi connectivity index (χ0) is 21.8. The molecule has 5 nitrogen and oxygen atoms in total. The SMILES string of the molecule is O=C(Nc1ccc(OC(F)(F)F)cc1)C1CCCN1C(=O)C12CC3CC(CC(C3)C1)C2. The van der Waals surface area contributed by atoms with Crippen LogP contribution in [-0.4, -0.2) is 35.7 Å². The van der Waals surface area contributed by atoms with Crippen molar-refractivity contribution in [2.45, 2.75) is 63.8 Å². The van der Waals surface area contributed by atoms with Crippen LogP contribution in [0.5, 0.6) is 5.75 Å². The highest BCUT2D eigenvalue weighted by atomic mass is 19.4. The van der Waals surface area contributed by atoms with E-state index in [1.165, 1.54) is 31.4 Å². The Balaban J connectivity index is 1.26. The maximum atomic E-state index is 13.7. The zero-order valence-electron chi connectivity index (χ0n) is 17.3. The van der Waals surface area contributed by atoms with Gasteiger partial charge in [-0.15, -0.1) is 13.2 Å². The van der Waals surface area contributed by atoms with Crippen LogP contribution in [0.3, 0.4) is 0 Å². The zero-order valence-corrected chi connectivity index (χ0v) is 17.3. The third-order valence-corrected chi connectivity index (χ3v) is 7.66. The van der Waals surface area contributed by atoms with Crippen LogP contribution in [0.2, 0.25) is 0 Å². The lowest BCUT2D eigenvalue weighted by Gasteiger charge is -2.56. The molecule has 5 fully saturated rings. The van der Waals surface area contributed by atoms with E-state index in [0.717, 1.165) is 37.8 Å². The van der Waals surface area contributed by atoms with Crippen molar-refractivity contribution < 1.29 is 27.5 Å². The summed E-state index contributed by atoms with van der Waals surface area (Å²) >= 11 is 0. The summed E-state index contributed by atoms with van der Waals surface area (Å²) in [6.45, 7) is 0.594. The first kappa shape index (κ1) is 20.6. The Morgan fingerprint density at radius 1 is 1.00 bits per heavy atom. The molecule has 1 unspecified atom stereocenters. The Morgan fingerprint density at radius 2 is 1.58 bits per heavy atom. The van der Waals surface area contributed by atoms with E-state index in [4.69, 9.17) is 0 Å². The van der Waals surface area contributed by atoms with Gasteiger partial charge in [0, 0.05) is 12.2 Å². The van der Waals surface area contributed by atoms with Crippen molar-refractivity contribution in [3.8, 4) is 5.75 Å². The number of carbonyl (C=O) groups excluding carboxylic acids is 2. The quantitative estimate of drug-likeness (QED) is 0.742. The molecule has 6 rings (SSSR count). The molecule has 168 valence electrons. The largest absolute Gasteiger partial charge is 0.573 e. The monoisotopic (exact) mass is 436 g/mol. The van der Waals surface area contributed by atoms with E-state index in [-0.39, 0.29) is 23.0 Å². The van der Waals surface area contributed by atoms with E-state index in [1.54, 1.807) is 4.90 Å². The van der Waals surface area contributed by atoms with Gasteiger partial charge in [-0.25, -0.2) is 0 Å². The van der Waals surface area contributed by atoms with Gasteiger partial charge in [0.2, 0.25) is 11.8 Å². The van der Waals surface area contributed by atoms with Crippen LogP contribution < -0.4 is 10.1 Å². The molecular weight excluding hydrogens is 409 g/mol. The summed E-state index contributed by atoms with van der Waals surface area (Å²) in [5, 5.41) is 2.76. The van der Waals surface area contributed by atoms with Crippen molar-refractivity contribution >= 4 is 17.5 Å². The number of amides is 2. The first-order chi connectivity index (χ1) is 14.7. The first-order valence-electron chi connectivity index (χ1n) is 11.2. The molecule has 0 spiro atoms. The van der Waals surface area contributed by atoms with Crippen LogP contribution in [0.25, 0.3) is 0 Å². The molecule has 1 heterocycles. The predicted molar refractivity (Wildman–Crippen MR) is 107 cm³/mol. The summed E-state index contributed by atoms with van der Waals surface area (Å²) in [5.74, 6) is 1.50. The first-order valence-corrected chi connectivity index (χ1v) is 11.2. The lowest BCUT2D eigenvalue weighted by Crippen LogP contribution is -2.56. The predicted octanol–water partition coefficient (Wildman–Crippen LogP) is 4.73. The van der Waals surface area contributed by atoms with E-state index in [2.05, 4.69) is 10.1 Å². The van der Waals surface area contributed by atoms with Gasteiger partial charge in [-0.1, -0.05) is 0 Å². The topological polar surface area (TPSA) is 58.6 Å². The van der Waals surface area contributed by atoms with Gasteiger partial charge in [0.25, 0.3) is 0 Å². The van der Waals surface area contributed by atoms with Crippen LogP contribution >= 0.6 is 0 Å². The molecule has 1 saturated heterocycles. The number of anilines is 1. The van der Waals surface area contributed by atoms with Gasteiger partial charge in [0.15, 0.2) is 0 Å². The van der Waals surface area contributed by atoms with Gasteiger partial charge < -0.3 is 15.0 Å². The molecule has 2 amide bonds. The van der Waals surface area contributed by atoms with E-state index >= 15 is 0 Å². The summed E-state index contributed by atoms with van der Waals surface area (Å²) < 4.78 is 40.8. The number of carbonyl (C=O) groups is 2. The fourth-order valence-electron chi connectivity index (χ4n) is 6.93. The molecule has 4 saturated carbocycles. The minimum absolute atomic E-state index is 0.151. The number of likely N-dealkylation sites (tertiary alicyclic amines) is 1. The average Bonchev–Trinajstić information content (AvgIpc) is 3.16. The number of benzene rings is 1. The summed E-state index contributed by atoms with van der Waals surface area (Å²) in [4.78, 5) is 28.4. The Kier molecular flexibility index (Phi) is 4.94. The van der Waals surface area contributed by atoms with Crippen LogP contribution in [0.15, 0.2) is 24.3 Å². The molecule has 4 aliphatic carbocycles. The molecule has 8 heteroatoms. The molecule has 1 aromatic carbocycles. The normalized spacial score (nSPS) is 34.1. The molecular formula is C23H27F3N2O3. The third kappa shape index (κ3) is 4.01. The van der Waals surface area contributed by atoms with E-state index in [9.17, 15) is 22.8 Å². The van der Waals surface area contributed by atoms with Gasteiger partial charge >= 0.3 is 6.36 Å². The summed E-state index contributed by atoms with van der Waals surface area (Å²) in [6, 6.07) is 4.55. The minimum Gasteiger partial charge on any atom is -0.406 e. The van der Waals surface area contributed by atoms with Crippen molar-refractivity contribution in [1.29, 1.82) is 0 Å². The molecule has 0 radical (unpaired) electrons. The molecule has 4 bridgehead atoms. The van der Waals surface area contributed by atoms with Crippen molar-refractivity contribution in [1.82, 2.24) is 4.90 Å². The fourth-order valence-corrected chi connectivity index (χ4v) is 6.93. The van der Waals surface area contributed by atoms with Gasteiger partial charge in [0.1, 0.15) is 11.8 Å². The van der Waals surface area contributed by atoms with Gasteiger partial charge in [0.05, 0.1) is 5.41 Å². The number of hydrogen-bond donors (Lipinski definition) is 1. The number of ether oxygens (including phenoxy) is 1. The molecule has 31 heavy (non-hydrogen) atoms. The highest BCUT2D eigenvalue weighted by molar-refractivity contribution is 5.98. The summed E-state index contributed by atoms with van der Waals surface area (Å²) in [5.41, 5.74) is 0.0995. The Morgan fingerprint density at radius 3 is 2.13 bits per heavy atom. The Labute approximate surface area is 179 Å². The van der Waals surface area contributed by atoms with Crippen LogP contribution in [0.1, 0.15) is 51.4 Å². The second-order valence-corrected chi connectivity index (χ2v) is 9.92. The van der Waals surface area contributed by atoms with E-state index < -0.39 is 12.4 Å². The second kappa shape index (κ2) is 7.41. The fraction of sp³-hybridized carbons (Fsp3) is 0.652. The number of hydrogen-bond acceptors (Lipinski definition) is 3. The van der Waals surface area contributed by atoms with Gasteiger partial charge in [-0.2, -0.15) is 0 Å². The van der Waals surface area contributed by atoms with Crippen molar-refractivity contribution in [3.05, 3.63) is 24.3 Å². The number of nitrogens with one attached hydrogen (secondary N) is 1. The molecule has 1 aromatic rings. The Hall–Kier alpha value is -2.25. The van der Waals surface area contributed by atoms with Crippen LogP contribution in [0.4, 0.5) is 18.9 Å². The van der Waals surface area contributed by atoms with Crippen molar-refractivity contribution in [2.24, 2.45) is 23.2 Å². The summed E-state index contributed by atoms with van der Waals surface area (Å²) in [7, 11) is 0. The lowest BCUT2D eigenvalue weighted by molar-refractivity contribution is -0.274. The number of halogens is 3. The van der Waals surface area contributed by atoms with Crippen LogP contribution in [0, 0.1) is 23.2 Å². The summed E-state index contributed by atoms with van der Waals surface area (Å²) in [6.07, 6.45) is 3.29. The average molecular weight is 436 g/mol. The standard InChI is InChI=1S/C23H27F3N2O3/c24-23(25,26)31-18-5-3-17(4-6-18)27-20(29)19-2-1-7-28(19)21(30)22-11-14-8-15(12-22)10-16(9-14)13-22/h3-6,14-16,19H,1-2,7-13H2,(H,27,29). The maximum absolute atomic E-state index is 13.7. The molecule has 1 atom stereocenters.